The Bertz CT molecular complexity index is 972. The van der Waals surface area contributed by atoms with E-state index in [4.69, 9.17) is 9.73 Å². The van der Waals surface area contributed by atoms with Gasteiger partial charge in [0.15, 0.2) is 0 Å². The highest BCUT2D eigenvalue weighted by Gasteiger charge is 2.40. The molecule has 2 unspecified atom stereocenters. The lowest BCUT2D eigenvalue weighted by Gasteiger charge is -2.44. The first-order chi connectivity index (χ1) is 17.1. The Balaban J connectivity index is 0.000000425. The number of pyridine rings is 1. The minimum atomic E-state index is -0.796. The number of β-amino-alcohol motifs (C(OH)–C–C–N with tert-alkyl or cyclic N) is 1. The number of aliphatic imine (C=N–C) groups is 2. The van der Waals surface area contributed by atoms with Crippen molar-refractivity contribution >= 4 is 32.5 Å². The Kier molecular flexibility index (Phi) is 11.7. The summed E-state index contributed by atoms with van der Waals surface area (Å²) in [5.74, 6) is 1.59. The molecular weight excluding hydrogens is 473 g/mol. The van der Waals surface area contributed by atoms with Crippen molar-refractivity contribution in [1.29, 1.82) is 0 Å². The number of aliphatic hydroxyl groups is 1. The number of rotatable bonds is 7. The quantitative estimate of drug-likeness (QED) is 0.261. The van der Waals surface area contributed by atoms with Gasteiger partial charge in [-0.3, -0.25) is 9.79 Å². The Morgan fingerprint density at radius 1 is 1.31 bits per heavy atom. The molecule has 3 heterocycles. The summed E-state index contributed by atoms with van der Waals surface area (Å²) in [5, 5.41) is 11.1. The van der Waals surface area contributed by atoms with Crippen LogP contribution in [0.5, 0.6) is 5.88 Å². The lowest BCUT2D eigenvalue weighted by molar-refractivity contribution is -0.147. The Labute approximate surface area is 218 Å². The van der Waals surface area contributed by atoms with Crippen molar-refractivity contribution in [3.63, 3.8) is 0 Å². The smallest absolute Gasteiger partial charge is 0.257 e. The highest BCUT2D eigenvalue weighted by Crippen LogP contribution is 2.26. The Morgan fingerprint density at radius 2 is 1.97 bits per heavy atom. The predicted molar refractivity (Wildman–Crippen MR) is 151 cm³/mol. The molecule has 0 spiro atoms. The zero-order valence-corrected chi connectivity index (χ0v) is 23.7. The van der Waals surface area contributed by atoms with Crippen LogP contribution in [0.1, 0.15) is 47.0 Å². The first-order valence-corrected chi connectivity index (χ1v) is 13.1. The van der Waals surface area contributed by atoms with E-state index in [1.807, 2.05) is 31.2 Å². The average molecular weight is 516 g/mol. The first kappa shape index (κ1) is 29.7. The fourth-order valence-corrected chi connectivity index (χ4v) is 4.19. The summed E-state index contributed by atoms with van der Waals surface area (Å²) in [6.45, 7) is 10.6. The predicted octanol–water partition coefficient (Wildman–Crippen LogP) is 3.24. The molecule has 36 heavy (non-hydrogen) atoms. The maximum absolute atomic E-state index is 13.1. The normalized spacial score (nSPS) is 19.1. The highest BCUT2D eigenvalue weighted by atomic mass is 31.0. The molecule has 2 fully saturated rings. The highest BCUT2D eigenvalue weighted by molar-refractivity contribution is 7.27. The number of carbonyl (C=O) groups is 1. The average Bonchev–Trinajstić information content (AvgIpc) is 3.39. The molecule has 9 heteroatoms. The van der Waals surface area contributed by atoms with Gasteiger partial charge in [0.05, 0.1) is 37.1 Å². The van der Waals surface area contributed by atoms with Crippen LogP contribution >= 0.6 is 9.24 Å². The second-order valence-corrected chi connectivity index (χ2v) is 10.1. The number of hydrogen-bond donors (Lipinski definition) is 1. The summed E-state index contributed by atoms with van der Waals surface area (Å²) >= 11 is 0. The van der Waals surface area contributed by atoms with E-state index in [1.54, 1.807) is 38.4 Å². The molecule has 198 valence electrons. The van der Waals surface area contributed by atoms with Crippen molar-refractivity contribution < 1.29 is 14.6 Å². The monoisotopic (exact) mass is 515 g/mol. The van der Waals surface area contributed by atoms with Crippen LogP contribution in [0.3, 0.4) is 0 Å². The molecule has 1 aromatic rings. The molecule has 0 aromatic carbocycles. The molecule has 2 aliphatic rings. The third-order valence-corrected chi connectivity index (χ3v) is 6.48. The van der Waals surface area contributed by atoms with Crippen molar-refractivity contribution in [2.75, 3.05) is 40.3 Å². The van der Waals surface area contributed by atoms with E-state index in [2.05, 4.69) is 38.0 Å². The van der Waals surface area contributed by atoms with Gasteiger partial charge < -0.3 is 19.6 Å². The van der Waals surface area contributed by atoms with E-state index in [0.717, 1.165) is 36.3 Å². The maximum Gasteiger partial charge on any atom is 0.257 e. The first-order valence-electron chi connectivity index (χ1n) is 12.6. The van der Waals surface area contributed by atoms with E-state index in [1.165, 1.54) is 12.8 Å². The molecule has 2 saturated heterocycles. The molecule has 0 bridgehead atoms. The fraction of sp³-hybridized carbons (Fsp3) is 0.556. The SMILES string of the molecule is COc1ccc(P)cn1.C\C=C/C(=N/C(=C(/C=NC)C(=O)N1CC(C)(O)C1)C(C)CC)N1CCCC1. The van der Waals surface area contributed by atoms with Crippen molar-refractivity contribution in [3.8, 4) is 5.88 Å². The van der Waals surface area contributed by atoms with Gasteiger partial charge in [-0.15, -0.1) is 9.24 Å². The van der Waals surface area contributed by atoms with Gasteiger partial charge >= 0.3 is 0 Å². The van der Waals surface area contributed by atoms with Crippen molar-refractivity contribution in [1.82, 2.24) is 14.8 Å². The molecule has 2 atom stereocenters. The molecule has 0 radical (unpaired) electrons. The van der Waals surface area contributed by atoms with E-state index in [9.17, 15) is 9.90 Å². The second kappa shape index (κ2) is 14.2. The summed E-state index contributed by atoms with van der Waals surface area (Å²) in [7, 11) is 5.83. The zero-order valence-electron chi connectivity index (χ0n) is 22.6. The number of methoxy groups -OCH3 is 1. The van der Waals surface area contributed by atoms with Gasteiger partial charge in [-0.25, -0.2) is 9.98 Å². The van der Waals surface area contributed by atoms with Crippen molar-refractivity contribution in [2.45, 2.75) is 52.6 Å². The lowest BCUT2D eigenvalue weighted by atomic mass is 9.94. The van der Waals surface area contributed by atoms with Gasteiger partial charge in [-0.05, 0) is 56.5 Å². The molecule has 3 rings (SSSR count). The number of allylic oxidation sites excluding steroid dienone is 2. The van der Waals surface area contributed by atoms with Gasteiger partial charge in [0.2, 0.25) is 5.88 Å². The van der Waals surface area contributed by atoms with Crippen LogP contribution in [0.2, 0.25) is 0 Å². The topological polar surface area (TPSA) is 90.6 Å². The second-order valence-electron chi connectivity index (χ2n) is 9.45. The number of carbonyl (C=O) groups excluding carboxylic acids is 1. The minimum Gasteiger partial charge on any atom is -0.481 e. The van der Waals surface area contributed by atoms with Gasteiger partial charge in [0.25, 0.3) is 5.91 Å². The molecule has 1 amide bonds. The van der Waals surface area contributed by atoms with Crippen LogP contribution in [-0.2, 0) is 4.79 Å². The Morgan fingerprint density at radius 3 is 2.44 bits per heavy atom. The van der Waals surface area contributed by atoms with Gasteiger partial charge in [0.1, 0.15) is 5.84 Å². The van der Waals surface area contributed by atoms with Crippen LogP contribution in [0.4, 0.5) is 0 Å². The fourth-order valence-electron chi connectivity index (χ4n) is 4.02. The van der Waals surface area contributed by atoms with Crippen LogP contribution in [0.15, 0.2) is 51.7 Å². The standard InChI is InChI=1S/C21H34N4O2.C6H8NOP/c1-6-10-18(24-11-8-9-12-24)23-19(16(3)7-2)17(13-22-5)20(26)25-14-21(4,27)15-25;1-8-6-3-2-5(9)4-7-6/h6,10,13,16,27H,7-9,11-12,14-15H2,1-5H3;2-4H,9H2,1H3/b10-6-,19-17-,22-13?,23-18-;. The van der Waals surface area contributed by atoms with Gasteiger partial charge in [-0.1, -0.05) is 19.9 Å². The minimum absolute atomic E-state index is 0.104. The number of amides is 1. The van der Waals surface area contributed by atoms with Gasteiger partial charge in [0, 0.05) is 38.6 Å². The molecule has 1 aromatic heterocycles. The summed E-state index contributed by atoms with van der Waals surface area (Å²) in [6.07, 6.45) is 10.6. The van der Waals surface area contributed by atoms with Crippen molar-refractivity contribution in [2.24, 2.45) is 15.9 Å². The number of nitrogens with zero attached hydrogens (tertiary/aromatic N) is 5. The van der Waals surface area contributed by atoms with E-state index >= 15 is 0 Å². The summed E-state index contributed by atoms with van der Waals surface area (Å²) in [4.78, 5) is 30.1. The van der Waals surface area contributed by atoms with Crippen LogP contribution in [-0.4, -0.2) is 83.8 Å². The van der Waals surface area contributed by atoms with E-state index < -0.39 is 5.60 Å². The molecule has 1 N–H and O–H groups in total. The van der Waals surface area contributed by atoms with Crippen molar-refractivity contribution in [3.05, 3.63) is 41.8 Å². The Hall–Kier alpha value is -2.57. The maximum atomic E-state index is 13.1. The molecule has 0 aliphatic carbocycles. The third-order valence-electron chi connectivity index (χ3n) is 6.14. The number of likely N-dealkylation sites (tertiary alicyclic amines) is 2. The summed E-state index contributed by atoms with van der Waals surface area (Å²) in [5.41, 5.74) is 0.512. The molecule has 0 saturated carbocycles. The zero-order chi connectivity index (χ0) is 26.7. The van der Waals surface area contributed by atoms with Crippen LogP contribution in [0.25, 0.3) is 0 Å². The summed E-state index contributed by atoms with van der Waals surface area (Å²) < 4.78 is 4.85. The molecule has 8 nitrogen and oxygen atoms in total. The summed E-state index contributed by atoms with van der Waals surface area (Å²) in [6, 6.07) is 3.75. The van der Waals surface area contributed by atoms with E-state index in [0.29, 0.717) is 24.5 Å². The van der Waals surface area contributed by atoms with Gasteiger partial charge in [-0.2, -0.15) is 0 Å². The largest absolute Gasteiger partial charge is 0.481 e. The number of amidine groups is 1. The van der Waals surface area contributed by atoms with Crippen LogP contribution in [0, 0.1) is 5.92 Å². The number of hydrogen-bond acceptors (Lipinski definition) is 6. The number of aromatic nitrogens is 1. The molecule has 2 aliphatic heterocycles. The molecular formula is C27H42N5O3P. The number of ether oxygens (including phenoxy) is 1. The lowest BCUT2D eigenvalue weighted by Crippen LogP contribution is -2.62. The van der Waals surface area contributed by atoms with E-state index in [-0.39, 0.29) is 11.8 Å². The third kappa shape index (κ3) is 8.52. The van der Waals surface area contributed by atoms with Crippen LogP contribution < -0.4 is 10.0 Å².